The Labute approximate surface area is 162 Å². The van der Waals surface area contributed by atoms with Crippen LogP contribution in [0.5, 0.6) is 5.75 Å². The van der Waals surface area contributed by atoms with E-state index in [9.17, 15) is 14.4 Å². The Morgan fingerprint density at radius 3 is 1.79 bits per heavy atom. The van der Waals surface area contributed by atoms with E-state index in [1.54, 1.807) is 41.3 Å². The van der Waals surface area contributed by atoms with E-state index in [4.69, 9.17) is 16.2 Å². The van der Waals surface area contributed by atoms with Crippen LogP contribution in [-0.4, -0.2) is 55.4 Å². The van der Waals surface area contributed by atoms with Crippen molar-refractivity contribution in [3.05, 3.63) is 59.7 Å². The molecule has 0 saturated carbocycles. The van der Waals surface area contributed by atoms with Crippen LogP contribution in [0.4, 0.5) is 5.69 Å². The van der Waals surface area contributed by atoms with Gasteiger partial charge in [-0.05, 0) is 48.5 Å². The lowest BCUT2D eigenvalue weighted by molar-refractivity contribution is -0.133. The molecule has 1 aliphatic heterocycles. The first-order valence-electron chi connectivity index (χ1n) is 8.89. The molecule has 0 aliphatic carbocycles. The average Bonchev–Trinajstić information content (AvgIpc) is 2.72. The van der Waals surface area contributed by atoms with Gasteiger partial charge in [0.2, 0.25) is 11.8 Å². The fourth-order valence-electron chi connectivity index (χ4n) is 3.00. The molecule has 1 saturated heterocycles. The van der Waals surface area contributed by atoms with E-state index in [0.717, 1.165) is 5.69 Å². The molecule has 1 fully saturated rings. The number of ether oxygens (including phenoxy) is 1. The summed E-state index contributed by atoms with van der Waals surface area (Å²) in [5.74, 6) is -0.551. The highest BCUT2D eigenvalue weighted by molar-refractivity contribution is 5.93. The topological polar surface area (TPSA) is 119 Å². The monoisotopic (exact) mass is 382 g/mol. The molecular formula is C20H22N4O4. The van der Waals surface area contributed by atoms with E-state index in [-0.39, 0.29) is 12.5 Å². The minimum absolute atomic E-state index is 0.0662. The third-order valence-corrected chi connectivity index (χ3v) is 4.65. The van der Waals surface area contributed by atoms with E-state index in [1.807, 2.05) is 12.1 Å². The van der Waals surface area contributed by atoms with Gasteiger partial charge in [0.15, 0.2) is 6.61 Å². The highest BCUT2D eigenvalue weighted by Gasteiger charge is 2.21. The zero-order valence-corrected chi connectivity index (χ0v) is 15.3. The Balaban J connectivity index is 1.48. The minimum atomic E-state index is -0.509. The van der Waals surface area contributed by atoms with E-state index < -0.39 is 11.8 Å². The summed E-state index contributed by atoms with van der Waals surface area (Å²) in [5, 5.41) is 0. The molecule has 2 aromatic carbocycles. The molecule has 2 aromatic rings. The molecule has 4 N–H and O–H groups in total. The predicted octanol–water partition coefficient (Wildman–Crippen LogP) is 0.612. The maximum Gasteiger partial charge on any atom is 0.260 e. The highest BCUT2D eigenvalue weighted by atomic mass is 16.5. The third-order valence-electron chi connectivity index (χ3n) is 4.65. The van der Waals surface area contributed by atoms with Gasteiger partial charge in [-0.3, -0.25) is 14.4 Å². The Morgan fingerprint density at radius 1 is 0.786 bits per heavy atom. The van der Waals surface area contributed by atoms with E-state index in [2.05, 4.69) is 4.90 Å². The van der Waals surface area contributed by atoms with Crippen LogP contribution in [0.25, 0.3) is 0 Å². The fourth-order valence-corrected chi connectivity index (χ4v) is 3.00. The number of carbonyl (C=O) groups is 3. The van der Waals surface area contributed by atoms with Crippen LogP contribution in [0.15, 0.2) is 48.5 Å². The molecule has 0 unspecified atom stereocenters. The van der Waals surface area contributed by atoms with E-state index >= 15 is 0 Å². The number of primary amides is 2. The van der Waals surface area contributed by atoms with Gasteiger partial charge >= 0.3 is 0 Å². The van der Waals surface area contributed by atoms with Crippen molar-refractivity contribution >= 4 is 23.4 Å². The minimum Gasteiger partial charge on any atom is -0.484 e. The van der Waals surface area contributed by atoms with Crippen molar-refractivity contribution in [2.45, 2.75) is 0 Å². The second-order valence-electron chi connectivity index (χ2n) is 6.46. The lowest BCUT2D eigenvalue weighted by Crippen LogP contribution is -2.50. The van der Waals surface area contributed by atoms with Crippen LogP contribution in [-0.2, 0) is 4.79 Å². The summed E-state index contributed by atoms with van der Waals surface area (Å²) >= 11 is 0. The van der Waals surface area contributed by atoms with Crippen molar-refractivity contribution in [3.63, 3.8) is 0 Å². The Bertz CT molecular complexity index is 857. The summed E-state index contributed by atoms with van der Waals surface area (Å²) in [5.41, 5.74) is 12.3. The van der Waals surface area contributed by atoms with Crippen molar-refractivity contribution in [3.8, 4) is 5.75 Å². The molecule has 1 aliphatic rings. The molecule has 28 heavy (non-hydrogen) atoms. The molecule has 0 spiro atoms. The molecule has 8 heteroatoms. The second-order valence-corrected chi connectivity index (χ2v) is 6.46. The van der Waals surface area contributed by atoms with Gasteiger partial charge in [-0.25, -0.2) is 0 Å². The fraction of sp³-hybridized carbons (Fsp3) is 0.250. The first-order valence-corrected chi connectivity index (χ1v) is 8.89. The van der Waals surface area contributed by atoms with Gasteiger partial charge in [0.1, 0.15) is 5.75 Å². The van der Waals surface area contributed by atoms with Crippen molar-refractivity contribution in [2.75, 3.05) is 37.7 Å². The van der Waals surface area contributed by atoms with Gasteiger partial charge in [0.25, 0.3) is 5.91 Å². The Morgan fingerprint density at radius 2 is 1.29 bits per heavy atom. The molecule has 8 nitrogen and oxygen atoms in total. The number of nitrogens with zero attached hydrogens (tertiary/aromatic N) is 2. The first-order chi connectivity index (χ1) is 13.4. The average molecular weight is 382 g/mol. The zero-order valence-electron chi connectivity index (χ0n) is 15.3. The summed E-state index contributed by atoms with van der Waals surface area (Å²) in [6.45, 7) is 2.48. The van der Waals surface area contributed by atoms with Crippen molar-refractivity contribution in [2.24, 2.45) is 11.5 Å². The van der Waals surface area contributed by atoms with Crippen LogP contribution in [0.3, 0.4) is 0 Å². The SMILES string of the molecule is NC(=O)c1ccc(OCC(=O)N2CCN(c3ccc(C(N)=O)cc3)CC2)cc1. The van der Waals surface area contributed by atoms with Crippen LogP contribution < -0.4 is 21.1 Å². The number of carbonyl (C=O) groups excluding carboxylic acids is 3. The standard InChI is InChI=1S/C20H22N4O4/c21-19(26)14-1-5-16(6-2-14)23-9-11-24(12-10-23)18(25)13-28-17-7-3-15(4-8-17)20(22)27/h1-8H,9-13H2,(H2,21,26)(H2,22,27). The van der Waals surface area contributed by atoms with Gasteiger partial charge in [0.05, 0.1) is 0 Å². The quantitative estimate of drug-likeness (QED) is 0.759. The number of benzene rings is 2. The van der Waals surface area contributed by atoms with Crippen molar-refractivity contribution in [1.29, 1.82) is 0 Å². The molecule has 3 amide bonds. The summed E-state index contributed by atoms with van der Waals surface area (Å²) in [4.78, 5) is 38.5. The maximum absolute atomic E-state index is 12.4. The van der Waals surface area contributed by atoms with E-state index in [1.165, 1.54) is 0 Å². The number of hydrogen-bond acceptors (Lipinski definition) is 5. The molecule has 0 atom stereocenters. The normalized spacial score (nSPS) is 13.9. The van der Waals surface area contributed by atoms with Gasteiger partial charge < -0.3 is 26.0 Å². The lowest BCUT2D eigenvalue weighted by Gasteiger charge is -2.36. The van der Waals surface area contributed by atoms with Crippen molar-refractivity contribution in [1.82, 2.24) is 4.90 Å². The van der Waals surface area contributed by atoms with Crippen molar-refractivity contribution < 1.29 is 19.1 Å². The molecule has 146 valence electrons. The molecule has 0 aromatic heterocycles. The number of rotatable bonds is 6. The largest absolute Gasteiger partial charge is 0.484 e. The highest BCUT2D eigenvalue weighted by Crippen LogP contribution is 2.18. The van der Waals surface area contributed by atoms with Gasteiger partial charge in [-0.2, -0.15) is 0 Å². The lowest BCUT2D eigenvalue weighted by atomic mass is 10.1. The maximum atomic E-state index is 12.4. The van der Waals surface area contributed by atoms with Gasteiger partial charge in [0, 0.05) is 43.0 Å². The summed E-state index contributed by atoms with van der Waals surface area (Å²) < 4.78 is 5.50. The van der Waals surface area contributed by atoms with Crippen LogP contribution in [0.1, 0.15) is 20.7 Å². The molecule has 3 rings (SSSR count). The number of hydrogen-bond donors (Lipinski definition) is 2. The Hall–Kier alpha value is -3.55. The third kappa shape index (κ3) is 4.59. The molecule has 1 heterocycles. The number of nitrogens with two attached hydrogens (primary N) is 2. The predicted molar refractivity (Wildman–Crippen MR) is 104 cm³/mol. The van der Waals surface area contributed by atoms with Crippen LogP contribution in [0.2, 0.25) is 0 Å². The smallest absolute Gasteiger partial charge is 0.260 e. The van der Waals surface area contributed by atoms with Crippen LogP contribution >= 0.6 is 0 Å². The first kappa shape index (κ1) is 19.2. The van der Waals surface area contributed by atoms with E-state index in [0.29, 0.717) is 43.1 Å². The zero-order chi connectivity index (χ0) is 20.1. The summed E-state index contributed by atoms with van der Waals surface area (Å²) in [6.07, 6.45) is 0. The number of piperazine rings is 1. The van der Waals surface area contributed by atoms with Gasteiger partial charge in [-0.1, -0.05) is 0 Å². The summed E-state index contributed by atoms with van der Waals surface area (Å²) in [6, 6.07) is 13.5. The van der Waals surface area contributed by atoms with Crippen LogP contribution in [0, 0.1) is 0 Å². The number of amides is 3. The van der Waals surface area contributed by atoms with Gasteiger partial charge in [-0.15, -0.1) is 0 Å². The molecule has 0 bridgehead atoms. The molecule has 0 radical (unpaired) electrons. The number of anilines is 1. The second kappa shape index (κ2) is 8.43. The summed E-state index contributed by atoms with van der Waals surface area (Å²) in [7, 11) is 0. The molecular weight excluding hydrogens is 360 g/mol. The Kier molecular flexibility index (Phi) is 5.78.